The molecule has 0 radical (unpaired) electrons. The molecule has 0 aliphatic rings. The third-order valence-electron chi connectivity index (χ3n) is 2.22. The molecule has 0 aliphatic carbocycles. The van der Waals surface area contributed by atoms with Crippen molar-refractivity contribution in [1.82, 2.24) is 10.0 Å². The Balaban J connectivity index is 2.66. The van der Waals surface area contributed by atoms with Crippen molar-refractivity contribution >= 4 is 15.9 Å². The highest BCUT2D eigenvalue weighted by molar-refractivity contribution is 7.89. The fourth-order valence-electron chi connectivity index (χ4n) is 1.31. The number of benzene rings is 1. The topological polar surface area (TPSA) is 75.3 Å². The Morgan fingerprint density at radius 1 is 1.26 bits per heavy atom. The summed E-state index contributed by atoms with van der Waals surface area (Å²) in [5, 5.41) is 2.50. The van der Waals surface area contributed by atoms with Crippen molar-refractivity contribution in [2.45, 2.75) is 18.2 Å². The third-order valence-corrected chi connectivity index (χ3v) is 3.68. The Morgan fingerprint density at radius 3 is 2.53 bits per heavy atom. The van der Waals surface area contributed by atoms with Crippen LogP contribution in [0.25, 0.3) is 0 Å². The molecule has 2 N–H and O–H groups in total. The minimum absolute atomic E-state index is 0.0310. The van der Waals surface area contributed by atoms with Crippen molar-refractivity contribution < 1.29 is 22.0 Å². The van der Waals surface area contributed by atoms with Crippen LogP contribution in [0.4, 0.5) is 8.78 Å². The highest BCUT2D eigenvalue weighted by Crippen LogP contribution is 2.13. The molecule has 0 atom stereocenters. The van der Waals surface area contributed by atoms with Crippen LogP contribution < -0.4 is 10.0 Å². The summed E-state index contributed by atoms with van der Waals surface area (Å²) in [7, 11) is -3.95. The summed E-state index contributed by atoms with van der Waals surface area (Å²) < 4.78 is 51.2. The molecule has 0 bridgehead atoms. The number of carbonyl (C=O) groups is 1. The molecule has 1 aromatic carbocycles. The van der Waals surface area contributed by atoms with Gasteiger partial charge in [-0.15, -0.1) is 0 Å². The molecule has 0 saturated carbocycles. The maximum absolute atomic E-state index is 12.9. The van der Waals surface area contributed by atoms with E-state index in [0.717, 1.165) is 12.1 Å². The van der Waals surface area contributed by atoms with Gasteiger partial charge in [0.2, 0.25) is 15.9 Å². The molecule has 0 saturated heterocycles. The van der Waals surface area contributed by atoms with E-state index in [9.17, 15) is 22.0 Å². The molecule has 1 rings (SSSR count). The first kappa shape index (κ1) is 15.5. The van der Waals surface area contributed by atoms with Crippen molar-refractivity contribution in [2.75, 3.05) is 13.1 Å². The van der Waals surface area contributed by atoms with E-state index in [1.807, 2.05) is 0 Å². The minimum Gasteiger partial charge on any atom is -0.356 e. The first-order valence-corrected chi connectivity index (χ1v) is 7.06. The lowest BCUT2D eigenvalue weighted by molar-refractivity contribution is -0.120. The summed E-state index contributed by atoms with van der Waals surface area (Å²) in [6.07, 6.45) is -0.0310. The second kappa shape index (κ2) is 6.58. The Hall–Kier alpha value is -1.54. The van der Waals surface area contributed by atoms with E-state index in [1.54, 1.807) is 6.92 Å². The van der Waals surface area contributed by atoms with Gasteiger partial charge in [0, 0.05) is 19.5 Å². The molecule has 0 unspecified atom stereocenters. The predicted molar refractivity (Wildman–Crippen MR) is 64.8 cm³/mol. The monoisotopic (exact) mass is 292 g/mol. The summed E-state index contributed by atoms with van der Waals surface area (Å²) in [6, 6.07) is 2.27. The number of hydrogen-bond acceptors (Lipinski definition) is 3. The van der Waals surface area contributed by atoms with Crippen LogP contribution in [0.5, 0.6) is 0 Å². The average Bonchev–Trinajstić information content (AvgIpc) is 2.32. The van der Waals surface area contributed by atoms with Crippen molar-refractivity contribution in [2.24, 2.45) is 0 Å². The van der Waals surface area contributed by atoms with Gasteiger partial charge in [-0.25, -0.2) is 21.9 Å². The fraction of sp³-hybridized carbons (Fsp3) is 0.364. The molecular formula is C11H14F2N2O3S. The lowest BCUT2D eigenvalue weighted by Gasteiger charge is -2.07. The highest BCUT2D eigenvalue weighted by Gasteiger charge is 2.16. The van der Waals surface area contributed by atoms with Gasteiger partial charge in [0.1, 0.15) is 0 Å². The van der Waals surface area contributed by atoms with Crippen LogP contribution in [0.3, 0.4) is 0 Å². The Kier molecular flexibility index (Phi) is 5.37. The van der Waals surface area contributed by atoms with Crippen LogP contribution in [0, 0.1) is 11.6 Å². The lowest BCUT2D eigenvalue weighted by atomic mass is 10.3. The standard InChI is InChI=1S/C11H14F2N2O3S/c1-2-14-11(16)5-6-15-19(17,18)8-3-4-9(12)10(13)7-8/h3-4,7,15H,2,5-6H2,1H3,(H,14,16). The summed E-state index contributed by atoms with van der Waals surface area (Å²) in [5.41, 5.74) is 0. The summed E-state index contributed by atoms with van der Waals surface area (Å²) in [4.78, 5) is 10.7. The van der Waals surface area contributed by atoms with E-state index in [4.69, 9.17) is 0 Å². The van der Waals surface area contributed by atoms with Crippen molar-refractivity contribution in [3.8, 4) is 0 Å². The van der Waals surface area contributed by atoms with Crippen LogP contribution in [0.2, 0.25) is 0 Å². The van der Waals surface area contributed by atoms with E-state index in [1.165, 1.54) is 0 Å². The molecule has 1 aromatic rings. The van der Waals surface area contributed by atoms with Gasteiger partial charge < -0.3 is 5.32 Å². The van der Waals surface area contributed by atoms with Gasteiger partial charge in [-0.1, -0.05) is 0 Å². The second-order valence-electron chi connectivity index (χ2n) is 3.68. The molecule has 0 heterocycles. The van der Waals surface area contributed by atoms with E-state index >= 15 is 0 Å². The van der Waals surface area contributed by atoms with Crippen molar-refractivity contribution in [3.05, 3.63) is 29.8 Å². The zero-order valence-electron chi connectivity index (χ0n) is 10.2. The first-order chi connectivity index (χ1) is 8.86. The van der Waals surface area contributed by atoms with Gasteiger partial charge in [-0.2, -0.15) is 0 Å². The Bertz CT molecular complexity index is 561. The first-order valence-electron chi connectivity index (χ1n) is 5.58. The molecule has 106 valence electrons. The van der Waals surface area contributed by atoms with E-state index in [-0.39, 0.29) is 23.8 Å². The minimum atomic E-state index is -3.95. The fourth-order valence-corrected chi connectivity index (χ4v) is 2.36. The van der Waals surface area contributed by atoms with Gasteiger partial charge >= 0.3 is 0 Å². The molecule has 0 spiro atoms. The van der Waals surface area contributed by atoms with Crippen LogP contribution in [-0.2, 0) is 14.8 Å². The molecule has 1 amide bonds. The number of amides is 1. The van der Waals surface area contributed by atoms with Crippen molar-refractivity contribution in [1.29, 1.82) is 0 Å². The zero-order valence-corrected chi connectivity index (χ0v) is 11.1. The molecule has 5 nitrogen and oxygen atoms in total. The predicted octanol–water partition coefficient (Wildman–Crippen LogP) is 0.769. The maximum atomic E-state index is 12.9. The molecule has 8 heteroatoms. The summed E-state index contributed by atoms with van der Waals surface area (Å²) in [5.74, 6) is -2.66. The third kappa shape index (κ3) is 4.56. The van der Waals surface area contributed by atoms with Crippen LogP contribution in [-0.4, -0.2) is 27.4 Å². The number of nitrogens with one attached hydrogen (secondary N) is 2. The van der Waals surface area contributed by atoms with E-state index in [2.05, 4.69) is 10.0 Å². The van der Waals surface area contributed by atoms with Crippen LogP contribution >= 0.6 is 0 Å². The van der Waals surface area contributed by atoms with Gasteiger partial charge in [-0.05, 0) is 25.1 Å². The van der Waals surface area contributed by atoms with E-state index < -0.39 is 21.7 Å². The summed E-state index contributed by atoms with van der Waals surface area (Å²) in [6.45, 7) is 2.07. The zero-order chi connectivity index (χ0) is 14.5. The van der Waals surface area contributed by atoms with Crippen LogP contribution in [0.1, 0.15) is 13.3 Å². The number of sulfonamides is 1. The Morgan fingerprint density at radius 2 is 1.95 bits per heavy atom. The molecule has 0 aliphatic heterocycles. The summed E-state index contributed by atoms with van der Waals surface area (Å²) >= 11 is 0. The second-order valence-corrected chi connectivity index (χ2v) is 5.44. The van der Waals surface area contributed by atoms with Gasteiger partial charge in [0.25, 0.3) is 0 Å². The number of rotatable bonds is 6. The molecule has 0 fully saturated rings. The molecule has 0 aromatic heterocycles. The van der Waals surface area contributed by atoms with Gasteiger partial charge in [0.05, 0.1) is 4.90 Å². The smallest absolute Gasteiger partial charge is 0.240 e. The van der Waals surface area contributed by atoms with Gasteiger partial charge in [-0.3, -0.25) is 4.79 Å². The Labute approximate surface area is 110 Å². The normalized spacial score (nSPS) is 11.3. The van der Waals surface area contributed by atoms with Crippen LogP contribution in [0.15, 0.2) is 23.1 Å². The number of hydrogen-bond donors (Lipinski definition) is 2. The van der Waals surface area contributed by atoms with E-state index in [0.29, 0.717) is 12.6 Å². The molecule has 19 heavy (non-hydrogen) atoms. The van der Waals surface area contributed by atoms with Crippen molar-refractivity contribution in [3.63, 3.8) is 0 Å². The quantitative estimate of drug-likeness (QED) is 0.813. The average molecular weight is 292 g/mol. The number of halogens is 2. The largest absolute Gasteiger partial charge is 0.356 e. The lowest BCUT2D eigenvalue weighted by Crippen LogP contribution is -2.30. The SMILES string of the molecule is CCNC(=O)CCNS(=O)(=O)c1ccc(F)c(F)c1. The highest BCUT2D eigenvalue weighted by atomic mass is 32.2. The molecular weight excluding hydrogens is 278 g/mol. The number of carbonyl (C=O) groups excluding carboxylic acids is 1. The van der Waals surface area contributed by atoms with Gasteiger partial charge in [0.15, 0.2) is 11.6 Å². The maximum Gasteiger partial charge on any atom is 0.240 e.